The van der Waals surface area contributed by atoms with E-state index in [1.807, 2.05) is 44.2 Å². The van der Waals surface area contributed by atoms with E-state index >= 15 is 0 Å². The zero-order valence-corrected chi connectivity index (χ0v) is 11.9. The summed E-state index contributed by atoms with van der Waals surface area (Å²) in [6.07, 6.45) is 0.804. The Morgan fingerprint density at radius 2 is 1.90 bits per heavy atom. The lowest BCUT2D eigenvalue weighted by molar-refractivity contribution is 0.0941. The van der Waals surface area contributed by atoms with Crippen molar-refractivity contribution in [1.82, 2.24) is 5.32 Å². The van der Waals surface area contributed by atoms with Gasteiger partial charge in [0.2, 0.25) is 0 Å². The molecular weight excluding hydrogens is 248 g/mol. The fraction of sp³-hybridized carbons (Fsp3) is 0.235. The molecule has 0 aliphatic rings. The smallest absolute Gasteiger partial charge is 0.253 e. The Morgan fingerprint density at radius 3 is 2.55 bits per heavy atom. The van der Waals surface area contributed by atoms with Gasteiger partial charge < -0.3 is 11.1 Å². The van der Waals surface area contributed by atoms with Gasteiger partial charge in [0.05, 0.1) is 5.56 Å². The molecule has 0 aliphatic carbocycles. The molecule has 1 atom stereocenters. The molecule has 1 unspecified atom stereocenters. The lowest BCUT2D eigenvalue weighted by Gasteiger charge is -2.15. The molecule has 1 amide bonds. The first-order valence-electron chi connectivity index (χ1n) is 6.77. The molecule has 0 saturated carbocycles. The number of anilines is 1. The van der Waals surface area contributed by atoms with Crippen LogP contribution in [0.25, 0.3) is 0 Å². The molecule has 3 heteroatoms. The number of nitrogen functional groups attached to an aromatic ring is 1. The van der Waals surface area contributed by atoms with Crippen molar-refractivity contribution in [2.75, 3.05) is 5.73 Å². The van der Waals surface area contributed by atoms with E-state index in [1.54, 1.807) is 6.07 Å². The van der Waals surface area contributed by atoms with Crippen molar-refractivity contribution >= 4 is 11.6 Å². The first-order valence-corrected chi connectivity index (χ1v) is 6.77. The van der Waals surface area contributed by atoms with Crippen molar-refractivity contribution in [3.8, 4) is 0 Å². The molecule has 3 N–H and O–H groups in total. The highest BCUT2D eigenvalue weighted by Gasteiger charge is 2.12. The SMILES string of the molecule is Cc1ccc(C(=O)NC(C)Cc2ccccc2)c(N)c1. The van der Waals surface area contributed by atoms with Gasteiger partial charge in [-0.15, -0.1) is 0 Å². The van der Waals surface area contributed by atoms with E-state index in [1.165, 1.54) is 5.56 Å². The van der Waals surface area contributed by atoms with Gasteiger partial charge in [0.1, 0.15) is 0 Å². The van der Waals surface area contributed by atoms with Crippen molar-refractivity contribution in [3.05, 3.63) is 65.2 Å². The third-order valence-electron chi connectivity index (χ3n) is 3.21. The Kier molecular flexibility index (Phi) is 4.41. The largest absolute Gasteiger partial charge is 0.398 e. The molecule has 0 aromatic heterocycles. The van der Waals surface area contributed by atoms with Crippen LogP contribution in [0.5, 0.6) is 0 Å². The Bertz CT molecular complexity index is 593. The molecular formula is C17H20N2O. The van der Waals surface area contributed by atoms with Gasteiger partial charge in [-0.2, -0.15) is 0 Å². The normalized spacial score (nSPS) is 11.9. The maximum absolute atomic E-state index is 12.2. The van der Waals surface area contributed by atoms with Gasteiger partial charge in [0.15, 0.2) is 0 Å². The predicted octanol–water partition coefficient (Wildman–Crippen LogP) is 2.94. The zero-order chi connectivity index (χ0) is 14.5. The molecule has 20 heavy (non-hydrogen) atoms. The lowest BCUT2D eigenvalue weighted by atomic mass is 10.1. The number of carbonyl (C=O) groups excluding carboxylic acids is 1. The number of nitrogens with one attached hydrogen (secondary N) is 1. The molecule has 0 saturated heterocycles. The van der Waals surface area contributed by atoms with Crippen LogP contribution in [-0.4, -0.2) is 11.9 Å². The quantitative estimate of drug-likeness (QED) is 0.838. The minimum absolute atomic E-state index is 0.0607. The van der Waals surface area contributed by atoms with Crippen molar-refractivity contribution < 1.29 is 4.79 Å². The number of carbonyl (C=O) groups is 1. The van der Waals surface area contributed by atoms with E-state index in [9.17, 15) is 4.79 Å². The Hall–Kier alpha value is -2.29. The molecule has 0 heterocycles. The summed E-state index contributed by atoms with van der Waals surface area (Å²) < 4.78 is 0. The first-order chi connectivity index (χ1) is 9.56. The van der Waals surface area contributed by atoms with Crippen molar-refractivity contribution in [2.24, 2.45) is 0 Å². The second-order valence-electron chi connectivity index (χ2n) is 5.15. The van der Waals surface area contributed by atoms with Gasteiger partial charge in [0.25, 0.3) is 5.91 Å². The van der Waals surface area contributed by atoms with E-state index in [-0.39, 0.29) is 11.9 Å². The molecule has 3 nitrogen and oxygen atoms in total. The number of rotatable bonds is 4. The van der Waals surface area contributed by atoms with E-state index in [0.29, 0.717) is 11.3 Å². The van der Waals surface area contributed by atoms with Crippen LogP contribution in [0.1, 0.15) is 28.4 Å². The standard InChI is InChI=1S/C17H20N2O/c1-12-8-9-15(16(18)10-12)17(20)19-13(2)11-14-6-4-3-5-7-14/h3-10,13H,11,18H2,1-2H3,(H,19,20). The third-order valence-corrected chi connectivity index (χ3v) is 3.21. The molecule has 0 fully saturated rings. The fourth-order valence-corrected chi connectivity index (χ4v) is 2.21. The monoisotopic (exact) mass is 268 g/mol. The highest BCUT2D eigenvalue weighted by atomic mass is 16.1. The average molecular weight is 268 g/mol. The second kappa shape index (κ2) is 6.24. The van der Waals surface area contributed by atoms with Crippen molar-refractivity contribution in [3.63, 3.8) is 0 Å². The molecule has 0 spiro atoms. The minimum atomic E-state index is -0.120. The zero-order valence-electron chi connectivity index (χ0n) is 11.9. The van der Waals surface area contributed by atoms with Gasteiger partial charge in [-0.1, -0.05) is 36.4 Å². The van der Waals surface area contributed by atoms with Crippen LogP contribution in [0.2, 0.25) is 0 Å². The summed E-state index contributed by atoms with van der Waals surface area (Å²) in [7, 11) is 0. The summed E-state index contributed by atoms with van der Waals surface area (Å²) in [6.45, 7) is 3.95. The van der Waals surface area contributed by atoms with Gasteiger partial charge in [-0.3, -0.25) is 4.79 Å². The van der Waals surface area contributed by atoms with Gasteiger partial charge in [0, 0.05) is 11.7 Å². The number of aryl methyl sites for hydroxylation is 1. The number of benzene rings is 2. The average Bonchev–Trinajstić information content (AvgIpc) is 2.39. The number of hydrogen-bond acceptors (Lipinski definition) is 2. The summed E-state index contributed by atoms with van der Waals surface area (Å²) in [4.78, 5) is 12.2. The molecule has 104 valence electrons. The fourth-order valence-electron chi connectivity index (χ4n) is 2.21. The van der Waals surface area contributed by atoms with Crippen LogP contribution in [0.4, 0.5) is 5.69 Å². The summed E-state index contributed by atoms with van der Waals surface area (Å²) in [5.74, 6) is -0.120. The highest BCUT2D eigenvalue weighted by Crippen LogP contribution is 2.14. The molecule has 0 radical (unpaired) electrons. The van der Waals surface area contributed by atoms with Crippen molar-refractivity contribution in [1.29, 1.82) is 0 Å². The topological polar surface area (TPSA) is 55.1 Å². The van der Waals surface area contributed by atoms with Crippen LogP contribution in [0.3, 0.4) is 0 Å². The molecule has 2 aromatic rings. The van der Waals surface area contributed by atoms with Crippen LogP contribution in [0.15, 0.2) is 48.5 Å². The van der Waals surface area contributed by atoms with Crippen molar-refractivity contribution in [2.45, 2.75) is 26.3 Å². The molecule has 0 bridgehead atoms. The predicted molar refractivity (Wildman–Crippen MR) is 82.7 cm³/mol. The van der Waals surface area contributed by atoms with Crippen LogP contribution >= 0.6 is 0 Å². The minimum Gasteiger partial charge on any atom is -0.398 e. The summed E-state index contributed by atoms with van der Waals surface area (Å²) >= 11 is 0. The first kappa shape index (κ1) is 14.1. The summed E-state index contributed by atoms with van der Waals surface area (Å²) in [5.41, 5.74) is 9.21. The van der Waals surface area contributed by atoms with Gasteiger partial charge in [-0.25, -0.2) is 0 Å². The Balaban J connectivity index is 2.00. The summed E-state index contributed by atoms with van der Waals surface area (Å²) in [6, 6.07) is 15.7. The number of hydrogen-bond donors (Lipinski definition) is 2. The van der Waals surface area contributed by atoms with E-state index in [0.717, 1.165) is 12.0 Å². The van der Waals surface area contributed by atoms with Gasteiger partial charge >= 0.3 is 0 Å². The van der Waals surface area contributed by atoms with Crippen LogP contribution < -0.4 is 11.1 Å². The maximum atomic E-state index is 12.2. The number of nitrogens with two attached hydrogens (primary N) is 1. The van der Waals surface area contributed by atoms with E-state index in [4.69, 9.17) is 5.73 Å². The summed E-state index contributed by atoms with van der Waals surface area (Å²) in [5, 5.41) is 2.99. The van der Waals surface area contributed by atoms with E-state index < -0.39 is 0 Å². The van der Waals surface area contributed by atoms with E-state index in [2.05, 4.69) is 17.4 Å². The Labute approximate surface area is 119 Å². The maximum Gasteiger partial charge on any atom is 0.253 e. The second-order valence-corrected chi connectivity index (χ2v) is 5.15. The van der Waals surface area contributed by atoms with Crippen LogP contribution in [-0.2, 0) is 6.42 Å². The third kappa shape index (κ3) is 3.60. The molecule has 2 rings (SSSR count). The van der Waals surface area contributed by atoms with Gasteiger partial charge in [-0.05, 0) is 43.5 Å². The highest BCUT2D eigenvalue weighted by molar-refractivity contribution is 5.99. The molecule has 2 aromatic carbocycles. The lowest BCUT2D eigenvalue weighted by Crippen LogP contribution is -2.34. The number of amides is 1. The molecule has 0 aliphatic heterocycles. The van der Waals surface area contributed by atoms with Crippen LogP contribution in [0, 0.1) is 6.92 Å². The Morgan fingerprint density at radius 1 is 1.20 bits per heavy atom.